The third kappa shape index (κ3) is 4.50. The Bertz CT molecular complexity index is 245. The Morgan fingerprint density at radius 3 is 1.50 bits per heavy atom. The molecule has 2 fully saturated rings. The van der Waals surface area contributed by atoms with Gasteiger partial charge in [0.15, 0.2) is 0 Å². The van der Waals surface area contributed by atoms with Gasteiger partial charge in [-0.05, 0) is 36.0 Å². The quantitative estimate of drug-likeness (QED) is 0.485. The first-order valence-corrected chi connectivity index (χ1v) is 9.62. The highest BCUT2D eigenvalue weighted by Gasteiger charge is 2.31. The normalized spacial score (nSPS) is 37.8. The van der Waals surface area contributed by atoms with Crippen molar-refractivity contribution in [1.82, 2.24) is 0 Å². The number of hydrogen-bond donors (Lipinski definition) is 0. The lowest BCUT2D eigenvalue weighted by Gasteiger charge is -2.34. The molecule has 0 radical (unpaired) electrons. The summed E-state index contributed by atoms with van der Waals surface area (Å²) in [7, 11) is 0. The Balaban J connectivity index is 1.98. The molecule has 2 aliphatic rings. The van der Waals surface area contributed by atoms with Gasteiger partial charge in [-0.1, -0.05) is 91.4 Å². The molecule has 0 amide bonds. The van der Waals surface area contributed by atoms with Crippen LogP contribution in [0.3, 0.4) is 0 Å². The predicted octanol–water partition coefficient (Wildman–Crippen LogP) is 6.98. The minimum atomic E-state index is 0.622. The van der Waals surface area contributed by atoms with E-state index in [1.165, 1.54) is 70.6 Å². The first-order chi connectivity index (χ1) is 9.62. The van der Waals surface area contributed by atoms with Crippen molar-refractivity contribution in [2.24, 2.45) is 23.2 Å². The van der Waals surface area contributed by atoms with E-state index in [1.54, 1.807) is 12.8 Å². The monoisotopic (exact) mass is 278 g/mol. The predicted molar refractivity (Wildman–Crippen MR) is 89.9 cm³/mol. The molecule has 0 saturated heterocycles. The van der Waals surface area contributed by atoms with Crippen molar-refractivity contribution in [3.63, 3.8) is 0 Å². The fraction of sp³-hybridized carbons (Fsp3) is 1.00. The highest BCUT2D eigenvalue weighted by atomic mass is 14.4. The van der Waals surface area contributed by atoms with Crippen molar-refractivity contribution in [2.75, 3.05) is 0 Å². The molecule has 2 aliphatic carbocycles. The van der Waals surface area contributed by atoms with Crippen molar-refractivity contribution < 1.29 is 0 Å². The van der Waals surface area contributed by atoms with Gasteiger partial charge in [-0.15, -0.1) is 0 Å². The fourth-order valence-corrected chi connectivity index (χ4v) is 4.81. The zero-order valence-electron chi connectivity index (χ0n) is 14.4. The average molecular weight is 279 g/mol. The Hall–Kier alpha value is 0. The zero-order valence-corrected chi connectivity index (χ0v) is 14.4. The fourth-order valence-electron chi connectivity index (χ4n) is 4.81. The smallest absolute Gasteiger partial charge is 0.0303 e. The van der Waals surface area contributed by atoms with Crippen LogP contribution in [0.5, 0.6) is 0 Å². The van der Waals surface area contributed by atoms with Crippen LogP contribution in [0.4, 0.5) is 0 Å². The van der Waals surface area contributed by atoms with Crippen LogP contribution in [-0.2, 0) is 0 Å². The van der Waals surface area contributed by atoms with E-state index in [0.717, 1.165) is 17.8 Å². The molecule has 118 valence electrons. The van der Waals surface area contributed by atoms with Crippen molar-refractivity contribution in [1.29, 1.82) is 0 Å². The molecule has 0 aromatic carbocycles. The number of fused-ring (bicyclic) bond motifs is 1. The molecule has 2 unspecified atom stereocenters. The Kier molecular flexibility index (Phi) is 6.43. The maximum atomic E-state index is 2.57. The molecule has 2 atom stereocenters. The van der Waals surface area contributed by atoms with Gasteiger partial charge in [-0.2, -0.15) is 0 Å². The van der Waals surface area contributed by atoms with E-state index in [1.807, 2.05) is 0 Å². The van der Waals surface area contributed by atoms with E-state index < -0.39 is 0 Å². The van der Waals surface area contributed by atoms with E-state index in [9.17, 15) is 0 Å². The van der Waals surface area contributed by atoms with E-state index in [2.05, 4.69) is 20.8 Å². The minimum absolute atomic E-state index is 0.622. The molecular formula is C20H38. The van der Waals surface area contributed by atoms with Crippen LogP contribution in [0.15, 0.2) is 0 Å². The highest BCUT2D eigenvalue weighted by Crippen LogP contribution is 2.43. The van der Waals surface area contributed by atoms with Gasteiger partial charge in [0.1, 0.15) is 0 Å². The van der Waals surface area contributed by atoms with Gasteiger partial charge in [-0.3, -0.25) is 0 Å². The van der Waals surface area contributed by atoms with Crippen molar-refractivity contribution >= 4 is 0 Å². The molecule has 0 aromatic heterocycles. The van der Waals surface area contributed by atoms with Crippen LogP contribution in [0.2, 0.25) is 0 Å². The summed E-state index contributed by atoms with van der Waals surface area (Å²) in [5, 5.41) is 0. The molecule has 0 spiro atoms. The molecule has 0 heteroatoms. The molecule has 0 nitrogen and oxygen atoms in total. The van der Waals surface area contributed by atoms with Gasteiger partial charge >= 0.3 is 0 Å². The number of hydrogen-bond acceptors (Lipinski definition) is 0. The van der Waals surface area contributed by atoms with Crippen LogP contribution in [0.1, 0.15) is 104 Å². The molecule has 0 heterocycles. The largest absolute Gasteiger partial charge is 0.0623 e. The lowest BCUT2D eigenvalue weighted by atomic mass is 9.72. The van der Waals surface area contributed by atoms with Crippen molar-refractivity contribution in [3.05, 3.63) is 0 Å². The third-order valence-corrected chi connectivity index (χ3v) is 6.86. The van der Waals surface area contributed by atoms with Gasteiger partial charge in [0, 0.05) is 0 Å². The summed E-state index contributed by atoms with van der Waals surface area (Å²) < 4.78 is 0. The van der Waals surface area contributed by atoms with Crippen LogP contribution < -0.4 is 0 Å². The Morgan fingerprint density at radius 2 is 1.05 bits per heavy atom. The maximum absolute atomic E-state index is 2.57. The summed E-state index contributed by atoms with van der Waals surface area (Å²) in [6, 6.07) is 0. The second-order valence-electron chi connectivity index (χ2n) is 8.46. The lowest BCUT2D eigenvalue weighted by molar-refractivity contribution is 0.172. The lowest BCUT2D eigenvalue weighted by Crippen LogP contribution is -2.23. The summed E-state index contributed by atoms with van der Waals surface area (Å²) in [5.74, 6) is 3.00. The van der Waals surface area contributed by atoms with Crippen LogP contribution in [-0.4, -0.2) is 0 Å². The van der Waals surface area contributed by atoms with Crippen molar-refractivity contribution in [3.8, 4) is 0 Å². The maximum Gasteiger partial charge on any atom is -0.0303 e. The minimum Gasteiger partial charge on any atom is -0.0623 e. The average Bonchev–Trinajstić information content (AvgIpc) is 2.55. The van der Waals surface area contributed by atoms with Gasteiger partial charge in [0.25, 0.3) is 0 Å². The molecule has 0 N–H and O–H groups in total. The van der Waals surface area contributed by atoms with Gasteiger partial charge in [0.2, 0.25) is 0 Å². The summed E-state index contributed by atoms with van der Waals surface area (Å²) in [6.07, 6.45) is 19.7. The Labute approximate surface area is 128 Å². The van der Waals surface area contributed by atoms with Gasteiger partial charge < -0.3 is 0 Å². The van der Waals surface area contributed by atoms with E-state index >= 15 is 0 Å². The summed E-state index contributed by atoms with van der Waals surface area (Å²) in [4.78, 5) is 0. The molecular weight excluding hydrogens is 240 g/mol. The first kappa shape index (κ1) is 16.4. The van der Waals surface area contributed by atoms with Crippen LogP contribution in [0, 0.1) is 23.2 Å². The summed E-state index contributed by atoms with van der Waals surface area (Å²) in [6.45, 7) is 7.46. The van der Waals surface area contributed by atoms with Gasteiger partial charge in [0.05, 0.1) is 0 Å². The molecule has 0 bridgehead atoms. The van der Waals surface area contributed by atoms with E-state index in [4.69, 9.17) is 0 Å². The zero-order chi connectivity index (χ0) is 14.4. The molecule has 0 aromatic rings. The topological polar surface area (TPSA) is 0 Å². The number of rotatable bonds is 1. The first-order valence-electron chi connectivity index (χ1n) is 9.62. The molecule has 2 rings (SSSR count). The second-order valence-corrected chi connectivity index (χ2v) is 8.46. The summed E-state index contributed by atoms with van der Waals surface area (Å²) in [5.41, 5.74) is 0.622. The second kappa shape index (κ2) is 7.85. The highest BCUT2D eigenvalue weighted by molar-refractivity contribution is 4.82. The van der Waals surface area contributed by atoms with Crippen LogP contribution >= 0.6 is 0 Å². The molecule has 0 aliphatic heterocycles. The third-order valence-electron chi connectivity index (χ3n) is 6.86. The standard InChI is InChI=1S/C20H38/c1-17(2)20(3)15-9-13-18-11-7-5-4-6-8-12-19(18)14-10-16-20/h17-19H,4-16H2,1-3H3. The van der Waals surface area contributed by atoms with E-state index in [-0.39, 0.29) is 0 Å². The van der Waals surface area contributed by atoms with Crippen molar-refractivity contribution in [2.45, 2.75) is 104 Å². The molecule has 20 heavy (non-hydrogen) atoms. The summed E-state index contributed by atoms with van der Waals surface area (Å²) >= 11 is 0. The Morgan fingerprint density at radius 1 is 0.650 bits per heavy atom. The van der Waals surface area contributed by atoms with Crippen LogP contribution in [0.25, 0.3) is 0 Å². The molecule has 2 saturated carbocycles. The SMILES string of the molecule is CC(C)C1(C)CCCC2CCCCCCCC2CCC1. The van der Waals surface area contributed by atoms with Gasteiger partial charge in [-0.25, -0.2) is 0 Å². The van der Waals surface area contributed by atoms with E-state index in [0.29, 0.717) is 5.41 Å².